The standard InChI is InChI=1S/C15H31NO/c1-2-3-13-17-14-7-11-16-12-10-15-8-5-4-6-9-15/h15-16H,2-14H2,1H3. The lowest BCUT2D eigenvalue weighted by Crippen LogP contribution is -2.21. The highest BCUT2D eigenvalue weighted by atomic mass is 16.5. The van der Waals surface area contributed by atoms with Crippen molar-refractivity contribution in [2.24, 2.45) is 5.92 Å². The van der Waals surface area contributed by atoms with E-state index in [4.69, 9.17) is 4.74 Å². The average molecular weight is 241 g/mol. The normalized spacial score (nSPS) is 17.5. The third-order valence-electron chi connectivity index (χ3n) is 3.74. The van der Waals surface area contributed by atoms with Gasteiger partial charge in [-0.2, -0.15) is 0 Å². The number of hydrogen-bond acceptors (Lipinski definition) is 2. The third kappa shape index (κ3) is 8.62. The van der Waals surface area contributed by atoms with Crippen molar-refractivity contribution in [3.8, 4) is 0 Å². The Kier molecular flexibility index (Phi) is 9.72. The molecule has 0 atom stereocenters. The van der Waals surface area contributed by atoms with E-state index in [0.717, 1.165) is 32.1 Å². The molecule has 0 aromatic heterocycles. The predicted molar refractivity (Wildman–Crippen MR) is 74.4 cm³/mol. The molecule has 0 heterocycles. The maximum absolute atomic E-state index is 5.53. The van der Waals surface area contributed by atoms with Crippen LogP contribution in [-0.4, -0.2) is 26.3 Å². The van der Waals surface area contributed by atoms with Crippen molar-refractivity contribution in [1.29, 1.82) is 0 Å². The molecule has 1 aliphatic rings. The Morgan fingerprint density at radius 1 is 1.00 bits per heavy atom. The van der Waals surface area contributed by atoms with Crippen molar-refractivity contribution in [2.75, 3.05) is 26.3 Å². The maximum atomic E-state index is 5.53. The zero-order chi connectivity index (χ0) is 12.2. The van der Waals surface area contributed by atoms with Crippen LogP contribution in [0, 0.1) is 5.92 Å². The van der Waals surface area contributed by atoms with E-state index in [1.165, 1.54) is 57.9 Å². The van der Waals surface area contributed by atoms with Crippen LogP contribution in [0.5, 0.6) is 0 Å². The Morgan fingerprint density at radius 3 is 2.53 bits per heavy atom. The van der Waals surface area contributed by atoms with Gasteiger partial charge in [-0.05, 0) is 38.3 Å². The van der Waals surface area contributed by atoms with Crippen LogP contribution in [0.2, 0.25) is 0 Å². The lowest BCUT2D eigenvalue weighted by Gasteiger charge is -2.21. The van der Waals surface area contributed by atoms with Gasteiger partial charge in [-0.3, -0.25) is 0 Å². The van der Waals surface area contributed by atoms with Crippen LogP contribution < -0.4 is 5.32 Å². The highest BCUT2D eigenvalue weighted by Crippen LogP contribution is 2.25. The number of unbranched alkanes of at least 4 members (excludes halogenated alkanes) is 1. The summed E-state index contributed by atoms with van der Waals surface area (Å²) in [5, 5.41) is 3.54. The minimum absolute atomic E-state index is 0.927. The molecule has 2 nitrogen and oxygen atoms in total. The van der Waals surface area contributed by atoms with Crippen LogP contribution in [0.15, 0.2) is 0 Å². The Balaban J connectivity index is 1.75. The Hall–Kier alpha value is -0.0800. The van der Waals surface area contributed by atoms with Gasteiger partial charge in [-0.15, -0.1) is 0 Å². The van der Waals surface area contributed by atoms with Gasteiger partial charge in [-0.1, -0.05) is 45.4 Å². The van der Waals surface area contributed by atoms with Gasteiger partial charge in [0.1, 0.15) is 0 Å². The van der Waals surface area contributed by atoms with Gasteiger partial charge in [0.15, 0.2) is 0 Å². The molecule has 1 saturated carbocycles. The molecule has 0 unspecified atom stereocenters. The van der Waals surface area contributed by atoms with E-state index in [9.17, 15) is 0 Å². The first-order chi connectivity index (χ1) is 8.43. The van der Waals surface area contributed by atoms with Crippen molar-refractivity contribution in [1.82, 2.24) is 5.32 Å². The summed E-state index contributed by atoms with van der Waals surface area (Å²) < 4.78 is 5.53. The molecule has 0 bridgehead atoms. The quantitative estimate of drug-likeness (QED) is 0.588. The fourth-order valence-corrected chi connectivity index (χ4v) is 2.55. The van der Waals surface area contributed by atoms with Crippen LogP contribution in [0.3, 0.4) is 0 Å². The van der Waals surface area contributed by atoms with Gasteiger partial charge < -0.3 is 10.1 Å². The van der Waals surface area contributed by atoms with E-state index in [1.54, 1.807) is 0 Å². The Labute approximate surface area is 108 Å². The van der Waals surface area contributed by atoms with Crippen LogP contribution >= 0.6 is 0 Å². The van der Waals surface area contributed by atoms with Gasteiger partial charge in [0.25, 0.3) is 0 Å². The lowest BCUT2D eigenvalue weighted by atomic mass is 9.87. The van der Waals surface area contributed by atoms with Gasteiger partial charge in [0, 0.05) is 13.2 Å². The summed E-state index contributed by atoms with van der Waals surface area (Å²) in [5.41, 5.74) is 0. The minimum atomic E-state index is 0.927. The summed E-state index contributed by atoms with van der Waals surface area (Å²) in [6.07, 6.45) is 12.3. The molecule has 0 amide bonds. The van der Waals surface area contributed by atoms with E-state index in [-0.39, 0.29) is 0 Å². The third-order valence-corrected chi connectivity index (χ3v) is 3.74. The maximum Gasteiger partial charge on any atom is 0.0478 e. The first-order valence-corrected chi connectivity index (χ1v) is 7.72. The highest BCUT2D eigenvalue weighted by molar-refractivity contribution is 4.66. The molecule has 1 fully saturated rings. The fraction of sp³-hybridized carbons (Fsp3) is 1.00. The molecule has 0 aromatic carbocycles. The summed E-state index contributed by atoms with van der Waals surface area (Å²) in [4.78, 5) is 0. The molecule has 0 saturated heterocycles. The van der Waals surface area contributed by atoms with Crippen LogP contribution in [-0.2, 0) is 4.74 Å². The smallest absolute Gasteiger partial charge is 0.0478 e. The number of rotatable bonds is 10. The number of hydrogen-bond donors (Lipinski definition) is 1. The van der Waals surface area contributed by atoms with Crippen molar-refractivity contribution in [3.05, 3.63) is 0 Å². The van der Waals surface area contributed by atoms with Gasteiger partial charge in [-0.25, -0.2) is 0 Å². The second-order valence-corrected chi connectivity index (χ2v) is 5.36. The number of ether oxygens (including phenoxy) is 1. The second-order valence-electron chi connectivity index (χ2n) is 5.36. The van der Waals surface area contributed by atoms with E-state index < -0.39 is 0 Å². The molecule has 0 radical (unpaired) electrons. The molecule has 102 valence electrons. The van der Waals surface area contributed by atoms with Crippen molar-refractivity contribution < 1.29 is 4.74 Å². The molecule has 1 N–H and O–H groups in total. The molecule has 2 heteroatoms. The molecule has 0 spiro atoms. The lowest BCUT2D eigenvalue weighted by molar-refractivity contribution is 0.128. The summed E-state index contributed by atoms with van der Waals surface area (Å²) >= 11 is 0. The van der Waals surface area contributed by atoms with Crippen molar-refractivity contribution in [3.63, 3.8) is 0 Å². The number of nitrogens with one attached hydrogen (secondary N) is 1. The van der Waals surface area contributed by atoms with Gasteiger partial charge in [0.05, 0.1) is 0 Å². The van der Waals surface area contributed by atoms with Crippen LogP contribution in [0.1, 0.15) is 64.7 Å². The largest absolute Gasteiger partial charge is 0.381 e. The fourth-order valence-electron chi connectivity index (χ4n) is 2.55. The average Bonchev–Trinajstić information content (AvgIpc) is 2.38. The molecule has 17 heavy (non-hydrogen) atoms. The summed E-state index contributed by atoms with van der Waals surface area (Å²) in [6.45, 7) is 6.41. The molecule has 1 aliphatic carbocycles. The van der Waals surface area contributed by atoms with Crippen molar-refractivity contribution >= 4 is 0 Å². The van der Waals surface area contributed by atoms with Gasteiger partial charge in [0.2, 0.25) is 0 Å². The van der Waals surface area contributed by atoms with E-state index in [1.807, 2.05) is 0 Å². The Bertz CT molecular complexity index is 155. The predicted octanol–water partition coefficient (Wildman–Crippen LogP) is 3.75. The monoisotopic (exact) mass is 241 g/mol. The van der Waals surface area contributed by atoms with Crippen LogP contribution in [0.4, 0.5) is 0 Å². The topological polar surface area (TPSA) is 21.3 Å². The summed E-state index contributed by atoms with van der Waals surface area (Å²) in [6, 6.07) is 0. The zero-order valence-electron chi connectivity index (χ0n) is 11.7. The second kappa shape index (κ2) is 11.0. The minimum Gasteiger partial charge on any atom is -0.381 e. The molecular formula is C15H31NO. The first kappa shape index (κ1) is 15.0. The van der Waals surface area contributed by atoms with Crippen molar-refractivity contribution in [2.45, 2.75) is 64.7 Å². The summed E-state index contributed by atoms with van der Waals surface area (Å²) in [5.74, 6) is 1.01. The first-order valence-electron chi connectivity index (χ1n) is 7.72. The zero-order valence-corrected chi connectivity index (χ0v) is 11.7. The van der Waals surface area contributed by atoms with Gasteiger partial charge >= 0.3 is 0 Å². The summed E-state index contributed by atoms with van der Waals surface area (Å²) in [7, 11) is 0. The van der Waals surface area contributed by atoms with E-state index in [2.05, 4.69) is 12.2 Å². The Morgan fingerprint density at radius 2 is 1.76 bits per heavy atom. The highest BCUT2D eigenvalue weighted by Gasteiger charge is 2.12. The molecule has 0 aliphatic heterocycles. The molecular weight excluding hydrogens is 210 g/mol. The van der Waals surface area contributed by atoms with Crippen LogP contribution in [0.25, 0.3) is 0 Å². The van der Waals surface area contributed by atoms with E-state index >= 15 is 0 Å². The SMILES string of the molecule is CCCCOCCCNCCC1CCCCC1. The van der Waals surface area contributed by atoms with E-state index in [0.29, 0.717) is 0 Å². The molecule has 1 rings (SSSR count). The molecule has 0 aromatic rings.